The summed E-state index contributed by atoms with van der Waals surface area (Å²) in [6, 6.07) is 0. The summed E-state index contributed by atoms with van der Waals surface area (Å²) in [6.07, 6.45) is 0. The minimum Gasteiger partial charge on any atom is -0.396 e. The maximum Gasteiger partial charge on any atom is 0.101 e. The van der Waals surface area contributed by atoms with Gasteiger partial charge in [-0.1, -0.05) is 20.8 Å². The maximum absolute atomic E-state index is 8.40. The molecule has 3 nitrogen and oxygen atoms in total. The van der Waals surface area contributed by atoms with Crippen molar-refractivity contribution in [3.8, 4) is 0 Å². The second-order valence-corrected chi connectivity index (χ2v) is 5.46. The Labute approximate surface area is 82.6 Å². The minimum absolute atomic E-state index is 0.0972. The van der Waals surface area contributed by atoms with Gasteiger partial charge in [0.15, 0.2) is 0 Å². The third kappa shape index (κ3) is 24.5. The summed E-state index contributed by atoms with van der Waals surface area (Å²) < 4.78 is 0.844. The number of hydrogen-bond donors (Lipinski definition) is 2. The van der Waals surface area contributed by atoms with Gasteiger partial charge in [-0.05, 0) is 5.41 Å². The predicted octanol–water partition coefficient (Wildman–Crippen LogP) is 0.710. The van der Waals surface area contributed by atoms with Gasteiger partial charge in [-0.3, -0.25) is 0 Å². The molecule has 0 aromatic heterocycles. The number of rotatable bonds is 2. The Hall–Kier alpha value is -0.120. The normalized spacial score (nSPS) is 12.0. The molecule has 0 aliphatic rings. The average molecular weight is 192 g/mol. The molecule has 0 aliphatic carbocycles. The number of aliphatic hydroxyl groups is 2. The smallest absolute Gasteiger partial charge is 0.101 e. The van der Waals surface area contributed by atoms with Gasteiger partial charge in [0.1, 0.15) is 6.54 Å². The fraction of sp³-hybridized carbons (Fsp3) is 1.00. The first-order valence-corrected chi connectivity index (χ1v) is 4.64. The van der Waals surface area contributed by atoms with Crippen LogP contribution in [0.25, 0.3) is 0 Å². The quantitative estimate of drug-likeness (QED) is 0.633. The SMILES string of the molecule is CC(C)(C)CO.C[N+](C)(C)CCO. The number of likely N-dealkylation sites (N-methyl/N-ethyl adjacent to an activating group) is 1. The monoisotopic (exact) mass is 192 g/mol. The molecule has 0 unspecified atom stereocenters. The Morgan fingerprint density at radius 1 is 1.00 bits per heavy atom. The molecule has 0 saturated carbocycles. The second-order valence-electron chi connectivity index (χ2n) is 5.46. The van der Waals surface area contributed by atoms with Crippen LogP contribution in [0.1, 0.15) is 20.8 Å². The fourth-order valence-electron chi connectivity index (χ4n) is 0.300. The van der Waals surface area contributed by atoms with E-state index < -0.39 is 0 Å². The zero-order valence-electron chi connectivity index (χ0n) is 9.96. The highest BCUT2D eigenvalue weighted by atomic mass is 16.3. The Balaban J connectivity index is 0. The Morgan fingerprint density at radius 2 is 1.31 bits per heavy atom. The topological polar surface area (TPSA) is 40.5 Å². The van der Waals surface area contributed by atoms with Gasteiger partial charge in [0.05, 0.1) is 27.7 Å². The van der Waals surface area contributed by atoms with Crippen LogP contribution in [0.2, 0.25) is 0 Å². The predicted molar refractivity (Wildman–Crippen MR) is 56.5 cm³/mol. The molecule has 0 spiro atoms. The van der Waals surface area contributed by atoms with E-state index in [9.17, 15) is 0 Å². The average Bonchev–Trinajstić information content (AvgIpc) is 1.84. The molecule has 3 heteroatoms. The number of nitrogens with zero attached hydrogens (tertiary/aromatic N) is 1. The van der Waals surface area contributed by atoms with Gasteiger partial charge >= 0.3 is 0 Å². The molecule has 0 aromatic carbocycles. The van der Waals surface area contributed by atoms with Gasteiger partial charge in [0, 0.05) is 6.61 Å². The van der Waals surface area contributed by atoms with Crippen molar-refractivity contribution in [3.63, 3.8) is 0 Å². The van der Waals surface area contributed by atoms with Crippen LogP contribution in [0.3, 0.4) is 0 Å². The van der Waals surface area contributed by atoms with Crippen molar-refractivity contribution in [2.75, 3.05) is 40.9 Å². The van der Waals surface area contributed by atoms with Crippen molar-refractivity contribution < 1.29 is 14.7 Å². The van der Waals surface area contributed by atoms with Crippen LogP contribution < -0.4 is 0 Å². The second kappa shape index (κ2) is 6.35. The molecule has 0 aliphatic heterocycles. The lowest BCUT2D eigenvalue weighted by Gasteiger charge is -2.21. The molecule has 0 atom stereocenters. The van der Waals surface area contributed by atoms with E-state index in [2.05, 4.69) is 21.1 Å². The van der Waals surface area contributed by atoms with Gasteiger partial charge in [0.25, 0.3) is 0 Å². The zero-order chi connectivity index (χ0) is 11.1. The Kier molecular flexibility index (Phi) is 7.50. The zero-order valence-corrected chi connectivity index (χ0v) is 9.96. The first kappa shape index (κ1) is 15.4. The number of quaternary nitrogens is 1. The van der Waals surface area contributed by atoms with Crippen LogP contribution in [-0.2, 0) is 0 Å². The first-order valence-electron chi connectivity index (χ1n) is 4.64. The van der Waals surface area contributed by atoms with E-state index in [0.717, 1.165) is 11.0 Å². The van der Waals surface area contributed by atoms with Crippen LogP contribution in [0.5, 0.6) is 0 Å². The van der Waals surface area contributed by atoms with E-state index in [4.69, 9.17) is 10.2 Å². The van der Waals surface area contributed by atoms with Crippen LogP contribution in [-0.4, -0.2) is 55.6 Å². The molecule has 0 fully saturated rings. The molecule has 0 bridgehead atoms. The molecule has 0 aromatic rings. The van der Waals surface area contributed by atoms with E-state index >= 15 is 0 Å². The third-order valence-electron chi connectivity index (χ3n) is 1.25. The van der Waals surface area contributed by atoms with E-state index in [-0.39, 0.29) is 18.6 Å². The molecular formula is C10H26NO2+. The highest BCUT2D eigenvalue weighted by molar-refractivity contribution is 4.55. The van der Waals surface area contributed by atoms with E-state index in [1.54, 1.807) is 0 Å². The highest BCUT2D eigenvalue weighted by Gasteiger charge is 2.05. The lowest BCUT2D eigenvalue weighted by molar-refractivity contribution is -0.870. The molecule has 0 heterocycles. The van der Waals surface area contributed by atoms with Crippen LogP contribution in [0, 0.1) is 5.41 Å². The molecule has 0 saturated heterocycles. The van der Waals surface area contributed by atoms with Crippen molar-refractivity contribution >= 4 is 0 Å². The Morgan fingerprint density at radius 3 is 1.31 bits per heavy atom. The van der Waals surface area contributed by atoms with Crippen LogP contribution >= 0.6 is 0 Å². The number of aliphatic hydroxyl groups excluding tert-OH is 2. The van der Waals surface area contributed by atoms with Crippen molar-refractivity contribution in [1.82, 2.24) is 0 Å². The standard InChI is InChI=1S/C5H14NO.C5H12O/c1-6(2,3)4-5-7;1-5(2,3)4-6/h7H,4-5H2,1-3H3;6H,4H2,1-3H3/q+1;. The summed E-state index contributed by atoms with van der Waals surface area (Å²) in [4.78, 5) is 0. The summed E-state index contributed by atoms with van der Waals surface area (Å²) in [5.41, 5.74) is 0.0972. The minimum atomic E-state index is 0.0972. The van der Waals surface area contributed by atoms with Gasteiger partial charge in [0.2, 0.25) is 0 Å². The lowest BCUT2D eigenvalue weighted by Crippen LogP contribution is -2.36. The van der Waals surface area contributed by atoms with Crippen molar-refractivity contribution in [2.24, 2.45) is 5.41 Å². The summed E-state index contributed by atoms with van der Waals surface area (Å²) in [6.45, 7) is 7.36. The van der Waals surface area contributed by atoms with Crippen molar-refractivity contribution in [1.29, 1.82) is 0 Å². The van der Waals surface area contributed by atoms with E-state index in [1.807, 2.05) is 20.8 Å². The van der Waals surface area contributed by atoms with E-state index in [1.165, 1.54) is 0 Å². The van der Waals surface area contributed by atoms with Crippen molar-refractivity contribution in [2.45, 2.75) is 20.8 Å². The van der Waals surface area contributed by atoms with Gasteiger partial charge < -0.3 is 14.7 Å². The highest BCUT2D eigenvalue weighted by Crippen LogP contribution is 2.09. The number of hydrogen-bond acceptors (Lipinski definition) is 2. The largest absolute Gasteiger partial charge is 0.396 e. The lowest BCUT2D eigenvalue weighted by atomic mass is 9.99. The molecular weight excluding hydrogens is 166 g/mol. The fourth-order valence-corrected chi connectivity index (χ4v) is 0.300. The first-order chi connectivity index (χ1) is 5.62. The Bertz CT molecular complexity index is 111. The van der Waals surface area contributed by atoms with Gasteiger partial charge in [-0.15, -0.1) is 0 Å². The molecule has 13 heavy (non-hydrogen) atoms. The van der Waals surface area contributed by atoms with E-state index in [0.29, 0.717) is 0 Å². The molecule has 0 amide bonds. The summed E-state index contributed by atoms with van der Waals surface area (Å²) in [5, 5.41) is 16.8. The molecule has 0 rings (SSSR count). The summed E-state index contributed by atoms with van der Waals surface area (Å²) in [5.74, 6) is 0. The molecule has 82 valence electrons. The molecule has 0 radical (unpaired) electrons. The molecule has 2 N–H and O–H groups in total. The third-order valence-corrected chi connectivity index (χ3v) is 1.25. The van der Waals surface area contributed by atoms with Crippen molar-refractivity contribution in [3.05, 3.63) is 0 Å². The maximum atomic E-state index is 8.40. The van der Waals surface area contributed by atoms with Crippen LogP contribution in [0.4, 0.5) is 0 Å². The summed E-state index contributed by atoms with van der Waals surface area (Å²) >= 11 is 0. The van der Waals surface area contributed by atoms with Gasteiger partial charge in [-0.25, -0.2) is 0 Å². The van der Waals surface area contributed by atoms with Gasteiger partial charge in [-0.2, -0.15) is 0 Å². The summed E-state index contributed by atoms with van der Waals surface area (Å²) in [7, 11) is 6.16. The van der Waals surface area contributed by atoms with Crippen LogP contribution in [0.15, 0.2) is 0 Å².